The van der Waals surface area contributed by atoms with Gasteiger partial charge in [0.1, 0.15) is 0 Å². The van der Waals surface area contributed by atoms with E-state index in [-0.39, 0.29) is 0 Å². The van der Waals surface area contributed by atoms with Crippen LogP contribution in [0.4, 0.5) is 5.69 Å². The number of hydrogen-bond donors (Lipinski definition) is 0. The molecule has 0 aromatic heterocycles. The van der Waals surface area contributed by atoms with Gasteiger partial charge in [-0.1, -0.05) is 12.1 Å². The minimum atomic E-state index is 0.484. The Morgan fingerprint density at radius 3 is 2.85 bits per heavy atom. The van der Waals surface area contributed by atoms with Crippen molar-refractivity contribution >= 4 is 5.69 Å². The molecular weight excluding hydrogens is 162 g/mol. The van der Waals surface area contributed by atoms with Gasteiger partial charge in [-0.05, 0) is 17.7 Å². The van der Waals surface area contributed by atoms with Gasteiger partial charge in [0.2, 0.25) is 0 Å². The summed E-state index contributed by atoms with van der Waals surface area (Å²) < 4.78 is 5.20. The van der Waals surface area contributed by atoms with Gasteiger partial charge in [0.15, 0.2) is 0 Å². The van der Waals surface area contributed by atoms with Crippen molar-refractivity contribution in [2.45, 2.75) is 12.5 Å². The van der Waals surface area contributed by atoms with Gasteiger partial charge in [-0.25, -0.2) is 0 Å². The van der Waals surface area contributed by atoms with E-state index in [0.717, 1.165) is 13.0 Å². The second-order valence-corrected chi connectivity index (χ2v) is 3.72. The van der Waals surface area contributed by atoms with Crippen molar-refractivity contribution in [3.05, 3.63) is 29.8 Å². The van der Waals surface area contributed by atoms with E-state index in [1.54, 1.807) is 0 Å². The number of anilines is 1. The molecule has 2 heteroatoms. The van der Waals surface area contributed by atoms with E-state index in [1.807, 2.05) is 0 Å². The van der Waals surface area contributed by atoms with Crippen LogP contribution in [0.2, 0.25) is 0 Å². The highest BCUT2D eigenvalue weighted by Gasteiger charge is 2.22. The quantitative estimate of drug-likeness (QED) is 0.653. The molecule has 1 unspecified atom stereocenters. The van der Waals surface area contributed by atoms with E-state index in [1.165, 1.54) is 11.3 Å². The highest BCUT2D eigenvalue weighted by molar-refractivity contribution is 5.47. The highest BCUT2D eigenvalue weighted by atomic mass is 16.6. The first kappa shape index (κ1) is 8.57. The Morgan fingerprint density at radius 1 is 1.46 bits per heavy atom. The Balaban J connectivity index is 2.11. The molecule has 1 atom stereocenters. The van der Waals surface area contributed by atoms with Gasteiger partial charge in [0.25, 0.3) is 0 Å². The topological polar surface area (TPSA) is 15.8 Å². The molecule has 2 nitrogen and oxygen atoms in total. The average Bonchev–Trinajstić information content (AvgIpc) is 2.89. The number of ether oxygens (including phenoxy) is 1. The monoisotopic (exact) mass is 177 g/mol. The summed E-state index contributed by atoms with van der Waals surface area (Å²) in [5.74, 6) is 0. The molecule has 1 heterocycles. The zero-order valence-electron chi connectivity index (χ0n) is 8.16. The Bertz CT molecular complexity index is 292. The molecule has 0 amide bonds. The van der Waals surface area contributed by atoms with Crippen LogP contribution in [0, 0.1) is 0 Å². The van der Waals surface area contributed by atoms with Crippen LogP contribution in [0.15, 0.2) is 24.3 Å². The lowest BCUT2D eigenvalue weighted by Gasteiger charge is -2.13. The number of epoxide rings is 1. The first-order valence-electron chi connectivity index (χ1n) is 4.63. The summed E-state index contributed by atoms with van der Waals surface area (Å²) in [6, 6.07) is 8.61. The SMILES string of the molecule is CN(C)c1cccc(CC2CO2)c1. The molecule has 1 aliphatic rings. The van der Waals surface area contributed by atoms with Crippen molar-refractivity contribution in [3.63, 3.8) is 0 Å². The molecule has 1 aromatic carbocycles. The fraction of sp³-hybridized carbons (Fsp3) is 0.455. The summed E-state index contributed by atoms with van der Waals surface area (Å²) in [4.78, 5) is 2.12. The van der Waals surface area contributed by atoms with E-state index in [4.69, 9.17) is 4.74 Å². The molecular formula is C11H15NO. The third kappa shape index (κ3) is 2.22. The Morgan fingerprint density at radius 2 is 2.23 bits per heavy atom. The molecule has 13 heavy (non-hydrogen) atoms. The van der Waals surface area contributed by atoms with Gasteiger partial charge in [-0.3, -0.25) is 0 Å². The van der Waals surface area contributed by atoms with Gasteiger partial charge in [0, 0.05) is 26.2 Å². The molecule has 1 saturated heterocycles. The highest BCUT2D eigenvalue weighted by Crippen LogP contribution is 2.19. The van der Waals surface area contributed by atoms with Crippen molar-refractivity contribution in [1.82, 2.24) is 0 Å². The Labute approximate surface area is 79.1 Å². The maximum Gasteiger partial charge on any atom is 0.0850 e. The minimum absolute atomic E-state index is 0.484. The molecule has 70 valence electrons. The van der Waals surface area contributed by atoms with Crippen LogP contribution in [0.1, 0.15) is 5.56 Å². The molecule has 0 radical (unpaired) electrons. The summed E-state index contributed by atoms with van der Waals surface area (Å²) in [6.07, 6.45) is 1.54. The smallest absolute Gasteiger partial charge is 0.0850 e. The lowest BCUT2D eigenvalue weighted by molar-refractivity contribution is 0.407. The summed E-state index contributed by atoms with van der Waals surface area (Å²) in [5.41, 5.74) is 2.63. The molecule has 0 N–H and O–H groups in total. The lowest BCUT2D eigenvalue weighted by Crippen LogP contribution is -2.08. The van der Waals surface area contributed by atoms with Crippen LogP contribution < -0.4 is 4.90 Å². The zero-order chi connectivity index (χ0) is 9.26. The van der Waals surface area contributed by atoms with Gasteiger partial charge in [-0.2, -0.15) is 0 Å². The van der Waals surface area contributed by atoms with Gasteiger partial charge in [0.05, 0.1) is 12.7 Å². The third-order valence-electron chi connectivity index (χ3n) is 2.29. The molecule has 0 aliphatic carbocycles. The van der Waals surface area contributed by atoms with E-state index in [0.29, 0.717) is 6.10 Å². The number of nitrogens with zero attached hydrogens (tertiary/aromatic N) is 1. The van der Waals surface area contributed by atoms with E-state index >= 15 is 0 Å². The van der Waals surface area contributed by atoms with Crippen LogP contribution in [-0.2, 0) is 11.2 Å². The molecule has 1 fully saturated rings. The average molecular weight is 177 g/mol. The van der Waals surface area contributed by atoms with Crippen LogP contribution in [0.25, 0.3) is 0 Å². The molecule has 1 aromatic rings. The summed E-state index contributed by atoms with van der Waals surface area (Å²) in [6.45, 7) is 0.937. The zero-order valence-corrected chi connectivity index (χ0v) is 8.16. The van der Waals surface area contributed by atoms with E-state index < -0.39 is 0 Å². The van der Waals surface area contributed by atoms with E-state index in [2.05, 4.69) is 43.3 Å². The molecule has 2 rings (SSSR count). The fourth-order valence-corrected chi connectivity index (χ4v) is 1.41. The molecule has 0 saturated carbocycles. The predicted molar refractivity (Wildman–Crippen MR) is 54.2 cm³/mol. The van der Waals surface area contributed by atoms with Gasteiger partial charge in [-0.15, -0.1) is 0 Å². The molecule has 0 bridgehead atoms. The fourth-order valence-electron chi connectivity index (χ4n) is 1.41. The Hall–Kier alpha value is -1.02. The van der Waals surface area contributed by atoms with Crippen LogP contribution in [-0.4, -0.2) is 26.8 Å². The normalized spacial score (nSPS) is 20.0. The summed E-state index contributed by atoms with van der Waals surface area (Å²) >= 11 is 0. The maximum absolute atomic E-state index is 5.20. The second-order valence-electron chi connectivity index (χ2n) is 3.72. The van der Waals surface area contributed by atoms with E-state index in [9.17, 15) is 0 Å². The van der Waals surface area contributed by atoms with Crippen molar-refractivity contribution in [2.75, 3.05) is 25.6 Å². The van der Waals surface area contributed by atoms with Crippen molar-refractivity contribution in [2.24, 2.45) is 0 Å². The van der Waals surface area contributed by atoms with Crippen LogP contribution >= 0.6 is 0 Å². The third-order valence-corrected chi connectivity index (χ3v) is 2.29. The summed E-state index contributed by atoms with van der Waals surface area (Å²) in [7, 11) is 4.12. The minimum Gasteiger partial charge on any atom is -0.378 e. The van der Waals surface area contributed by atoms with Gasteiger partial charge < -0.3 is 9.64 Å². The van der Waals surface area contributed by atoms with Crippen LogP contribution in [0.5, 0.6) is 0 Å². The number of hydrogen-bond acceptors (Lipinski definition) is 2. The standard InChI is InChI=1S/C11H15NO/c1-12(2)10-5-3-4-9(6-10)7-11-8-13-11/h3-6,11H,7-8H2,1-2H3. The van der Waals surface area contributed by atoms with Crippen LogP contribution in [0.3, 0.4) is 0 Å². The first-order chi connectivity index (χ1) is 6.25. The predicted octanol–water partition coefficient (Wildman–Crippen LogP) is 1.69. The first-order valence-corrected chi connectivity index (χ1v) is 4.63. The van der Waals surface area contributed by atoms with Crippen molar-refractivity contribution < 1.29 is 4.74 Å². The maximum atomic E-state index is 5.20. The molecule has 1 aliphatic heterocycles. The number of rotatable bonds is 3. The Kier molecular flexibility index (Phi) is 2.23. The second kappa shape index (κ2) is 3.38. The van der Waals surface area contributed by atoms with Crippen molar-refractivity contribution in [1.29, 1.82) is 0 Å². The number of benzene rings is 1. The largest absolute Gasteiger partial charge is 0.378 e. The van der Waals surface area contributed by atoms with Gasteiger partial charge >= 0.3 is 0 Å². The van der Waals surface area contributed by atoms with Crippen molar-refractivity contribution in [3.8, 4) is 0 Å². The summed E-state index contributed by atoms with van der Waals surface area (Å²) in [5, 5.41) is 0. The molecule has 0 spiro atoms. The lowest BCUT2D eigenvalue weighted by atomic mass is 10.1.